The second kappa shape index (κ2) is 96.0. The van der Waals surface area contributed by atoms with Gasteiger partial charge in [0, 0.05) is 0 Å². The predicted molar refractivity (Wildman–Crippen MR) is 450 cm³/mol. The van der Waals surface area contributed by atoms with Crippen molar-refractivity contribution in [3.63, 3.8) is 0 Å². The maximum atomic E-state index is 2.32. The first-order valence-electron chi connectivity index (χ1n) is 48.4. The highest BCUT2D eigenvalue weighted by Crippen LogP contribution is 2.23. The molecule has 0 aromatic carbocycles. The molecule has 0 nitrogen and oxygen atoms in total. The maximum absolute atomic E-state index is 2.32. The molecule has 0 spiro atoms. The Hall–Kier alpha value is 0. The molecule has 0 atom stereocenters. The lowest BCUT2D eigenvalue weighted by molar-refractivity contribution is 0.505. The molecule has 0 unspecified atom stereocenters. The smallest absolute Gasteiger partial charge is 0.0533 e. The van der Waals surface area contributed by atoms with Gasteiger partial charge in [-0.05, 0) is 0 Å². The van der Waals surface area contributed by atoms with E-state index in [0.29, 0.717) is 0 Å². The lowest BCUT2D eigenvalue weighted by Crippen LogP contribution is -1.85. The molecule has 0 aliphatic heterocycles. The highest BCUT2D eigenvalue weighted by molar-refractivity contribution is 4.59. The van der Waals surface area contributed by atoms with Crippen molar-refractivity contribution in [3.8, 4) is 0 Å². The van der Waals surface area contributed by atoms with Crippen molar-refractivity contribution in [1.82, 2.24) is 0 Å². The molecule has 0 aliphatic carbocycles. The van der Waals surface area contributed by atoms with Gasteiger partial charge in [0.05, 0.1) is 0 Å². The lowest BCUT2D eigenvalue weighted by atomic mass is 10.0. The normalized spacial score (nSPS) is 11.8. The van der Waals surface area contributed by atoms with Crippen LogP contribution in [0, 0.1) is 0 Å². The molecule has 0 saturated heterocycles. The number of hydrogen-bond donors (Lipinski definition) is 0. The Balaban J connectivity index is 3.09. The van der Waals surface area contributed by atoms with E-state index in [-0.39, 0.29) is 0 Å². The van der Waals surface area contributed by atoms with Crippen LogP contribution in [0.15, 0.2) is 0 Å². The first-order chi connectivity index (χ1) is 48.4. The minimum Gasteiger partial charge on any atom is -0.0654 e. The number of rotatable bonds is 94. The predicted octanol–water partition coefficient (Wildman–Crippen LogP) is 38.1. The van der Waals surface area contributed by atoms with E-state index in [0.717, 1.165) is 0 Å². The van der Waals surface area contributed by atoms with Gasteiger partial charge in [-0.3, -0.25) is 0 Å². The van der Waals surface area contributed by atoms with Crippen LogP contribution >= 0.6 is 0 Å². The Bertz CT molecular complexity index is 1150. The lowest BCUT2D eigenvalue weighted by Gasteiger charge is -2.05. The third-order valence-corrected chi connectivity index (χ3v) is 23.7. The molecule has 0 radical (unpaired) electrons. The van der Waals surface area contributed by atoms with Gasteiger partial charge in [0.15, 0.2) is 0 Å². The van der Waals surface area contributed by atoms with E-state index in [2.05, 4.69) is 13.8 Å². The summed E-state index contributed by atoms with van der Waals surface area (Å²) in [6, 6.07) is 0. The minimum absolute atomic E-state index is 1.37. The second-order valence-corrected chi connectivity index (χ2v) is 33.9. The van der Waals surface area contributed by atoms with Crippen molar-refractivity contribution in [3.05, 3.63) is 0 Å². The van der Waals surface area contributed by atoms with Crippen LogP contribution in [0.1, 0.15) is 624 Å². The Morgan fingerprint density at radius 1 is 0.0515 bits per heavy atom. The van der Waals surface area contributed by atoms with Gasteiger partial charge in [-0.15, -0.1) is 0 Å². The van der Waals surface area contributed by atoms with Gasteiger partial charge in [0.1, 0.15) is 0 Å². The van der Waals surface area contributed by atoms with Crippen LogP contribution in [-0.2, 0) is 0 Å². The Labute approximate surface area is 620 Å². The maximum Gasteiger partial charge on any atom is -0.0533 e. The summed E-state index contributed by atoms with van der Waals surface area (Å²) in [5, 5.41) is 0. The number of hydrogen-bond acceptors (Lipinski definition) is 0. The van der Waals surface area contributed by atoms with E-state index in [4.69, 9.17) is 0 Å². The SMILES string of the molecule is CCCCCCCCCCCCCCCCCCCCCCCCCCCCCCCCCCCCCCCCCCCCCCCCCCCCCCCCCCCCCCCCCCCCCCCCCCCCCCCCCCCCCCCCCCCCCCCCC. The van der Waals surface area contributed by atoms with Gasteiger partial charge >= 0.3 is 0 Å². The van der Waals surface area contributed by atoms with Crippen molar-refractivity contribution in [2.45, 2.75) is 624 Å². The highest BCUT2D eigenvalue weighted by Gasteiger charge is 2.03. The van der Waals surface area contributed by atoms with Crippen LogP contribution in [0.25, 0.3) is 0 Å². The van der Waals surface area contributed by atoms with E-state index in [9.17, 15) is 0 Å². The summed E-state index contributed by atoms with van der Waals surface area (Å²) in [7, 11) is 0. The molecule has 0 amide bonds. The zero-order valence-electron chi connectivity index (χ0n) is 69.2. The van der Waals surface area contributed by atoms with Crippen LogP contribution in [0.4, 0.5) is 0 Å². The molecule has 0 heterocycles. The summed E-state index contributed by atoms with van der Waals surface area (Å²) in [5.74, 6) is 0. The van der Waals surface area contributed by atoms with E-state index in [1.807, 2.05) is 0 Å². The van der Waals surface area contributed by atoms with Crippen LogP contribution in [0.3, 0.4) is 0 Å². The number of unbranched alkanes of at least 4 members (excludes halogenated alkanes) is 94. The molecule has 0 saturated carbocycles. The van der Waals surface area contributed by atoms with Crippen molar-refractivity contribution in [1.29, 1.82) is 0 Å². The van der Waals surface area contributed by atoms with Crippen LogP contribution in [0.5, 0.6) is 0 Å². The summed E-state index contributed by atoms with van der Waals surface area (Å²) < 4.78 is 0. The molecule has 0 rings (SSSR count). The van der Waals surface area contributed by atoms with Gasteiger partial charge in [0.2, 0.25) is 0 Å². The molecule has 0 heteroatoms. The van der Waals surface area contributed by atoms with Crippen LogP contribution in [0.2, 0.25) is 0 Å². The molecule has 0 bridgehead atoms. The molecule has 97 heavy (non-hydrogen) atoms. The molecule has 0 N–H and O–H groups in total. The molecule has 584 valence electrons. The summed E-state index contributed by atoms with van der Waals surface area (Å²) in [5.41, 5.74) is 0. The van der Waals surface area contributed by atoms with Crippen LogP contribution in [-0.4, -0.2) is 0 Å². The fourth-order valence-corrected chi connectivity index (χ4v) is 16.6. The molecular formula is C97H196. The Kier molecular flexibility index (Phi) is 96.0. The molecule has 0 aliphatic rings. The van der Waals surface area contributed by atoms with Crippen molar-refractivity contribution in [2.24, 2.45) is 0 Å². The monoisotopic (exact) mass is 1360 g/mol. The Morgan fingerprint density at radius 2 is 0.0825 bits per heavy atom. The van der Waals surface area contributed by atoms with E-state index >= 15 is 0 Å². The molecular weight excluding hydrogens is 1170 g/mol. The average molecular weight is 1360 g/mol. The first kappa shape index (κ1) is 97.0. The van der Waals surface area contributed by atoms with Crippen molar-refractivity contribution in [2.75, 3.05) is 0 Å². The summed E-state index contributed by atoms with van der Waals surface area (Å²) >= 11 is 0. The first-order valence-corrected chi connectivity index (χ1v) is 48.4. The van der Waals surface area contributed by atoms with Gasteiger partial charge < -0.3 is 0 Å². The third kappa shape index (κ3) is 96.0. The second-order valence-electron chi connectivity index (χ2n) is 33.9. The highest BCUT2D eigenvalue weighted by atomic mass is 14.1. The van der Waals surface area contributed by atoms with E-state index in [1.165, 1.54) is 610 Å². The fourth-order valence-electron chi connectivity index (χ4n) is 16.6. The summed E-state index contributed by atoms with van der Waals surface area (Å²) in [6.07, 6.45) is 142. The molecule has 0 aromatic heterocycles. The van der Waals surface area contributed by atoms with Gasteiger partial charge in [0.25, 0.3) is 0 Å². The quantitative estimate of drug-likeness (QED) is 0.0533. The summed E-state index contributed by atoms with van der Waals surface area (Å²) in [6.45, 7) is 4.63. The standard InChI is InChI=1S/C97H196/c1-3-5-7-9-11-13-15-17-19-21-23-25-27-29-31-33-35-37-39-41-43-45-47-49-51-53-55-57-59-61-63-65-67-69-71-73-75-77-79-81-83-85-87-89-91-93-95-97-96-94-92-90-88-86-84-82-80-78-76-74-72-70-68-66-64-62-60-58-56-54-52-50-48-46-44-42-40-38-36-34-32-30-28-26-24-22-20-18-16-14-12-10-8-6-4-2/h3-97H2,1-2H3. The zero-order chi connectivity index (χ0) is 69.2. The average Bonchev–Trinajstić information content (AvgIpc) is 3.61. The summed E-state index contributed by atoms with van der Waals surface area (Å²) in [4.78, 5) is 0. The van der Waals surface area contributed by atoms with E-state index in [1.54, 1.807) is 0 Å². The van der Waals surface area contributed by atoms with Gasteiger partial charge in [-0.1, -0.05) is 624 Å². The molecule has 0 fully saturated rings. The van der Waals surface area contributed by atoms with Crippen LogP contribution < -0.4 is 0 Å². The minimum atomic E-state index is 1.37. The zero-order valence-corrected chi connectivity index (χ0v) is 69.2. The topological polar surface area (TPSA) is 0 Å². The fraction of sp³-hybridized carbons (Fsp3) is 1.00. The van der Waals surface area contributed by atoms with Crippen molar-refractivity contribution < 1.29 is 0 Å². The van der Waals surface area contributed by atoms with E-state index < -0.39 is 0 Å². The largest absolute Gasteiger partial charge is 0.0654 e. The Morgan fingerprint density at radius 3 is 0.113 bits per heavy atom. The molecule has 0 aromatic rings. The third-order valence-electron chi connectivity index (χ3n) is 23.7. The van der Waals surface area contributed by atoms with Gasteiger partial charge in [-0.2, -0.15) is 0 Å². The van der Waals surface area contributed by atoms with Gasteiger partial charge in [-0.25, -0.2) is 0 Å². The van der Waals surface area contributed by atoms with Crippen molar-refractivity contribution >= 4 is 0 Å².